The fourth-order valence-corrected chi connectivity index (χ4v) is 2.30. The van der Waals surface area contributed by atoms with Gasteiger partial charge in [0.2, 0.25) is 0 Å². The molecule has 2 rings (SSSR count). The first-order valence-corrected chi connectivity index (χ1v) is 6.79. The maximum absolute atomic E-state index is 11.5. The van der Waals surface area contributed by atoms with E-state index in [-0.39, 0.29) is 4.90 Å². The van der Waals surface area contributed by atoms with Crippen LogP contribution in [-0.2, 0) is 9.84 Å². The summed E-state index contributed by atoms with van der Waals surface area (Å²) in [5, 5.41) is 6.47. The van der Waals surface area contributed by atoms with Gasteiger partial charge in [-0.3, -0.25) is 5.10 Å². The second-order valence-corrected chi connectivity index (χ2v) is 5.59. The molecule has 0 spiro atoms. The maximum atomic E-state index is 11.5. The minimum Gasteiger partial charge on any atom is -0.497 e. The number of nitrogens with zero attached hydrogens (tertiary/aromatic N) is 1. The van der Waals surface area contributed by atoms with Crippen LogP contribution in [0.25, 0.3) is 11.3 Å². The minimum atomic E-state index is -3.28. The van der Waals surface area contributed by atoms with Gasteiger partial charge in [0, 0.05) is 11.8 Å². The van der Waals surface area contributed by atoms with Gasteiger partial charge in [-0.05, 0) is 24.3 Å². The van der Waals surface area contributed by atoms with Crippen molar-refractivity contribution in [3.05, 3.63) is 30.5 Å². The van der Waals surface area contributed by atoms with Gasteiger partial charge in [0.1, 0.15) is 10.6 Å². The molecule has 1 N–H and O–H groups in total. The number of hydrogen-bond acceptors (Lipinski definition) is 4. The Kier molecular flexibility index (Phi) is 2.89. The number of nitrogens with one attached hydrogen (secondary N) is 1. The number of benzene rings is 1. The molecule has 0 unspecified atom stereocenters. The van der Waals surface area contributed by atoms with Gasteiger partial charge < -0.3 is 4.74 Å². The summed E-state index contributed by atoms with van der Waals surface area (Å²) in [6.07, 6.45) is 2.47. The molecule has 0 saturated heterocycles. The van der Waals surface area contributed by atoms with Gasteiger partial charge in [-0.15, -0.1) is 0 Å². The molecule has 1 aromatic heterocycles. The molecule has 2 aromatic rings. The van der Waals surface area contributed by atoms with Crippen molar-refractivity contribution in [3.8, 4) is 17.0 Å². The molecule has 17 heavy (non-hydrogen) atoms. The molecule has 0 amide bonds. The third-order valence-electron chi connectivity index (χ3n) is 2.38. The number of aromatic nitrogens is 2. The van der Waals surface area contributed by atoms with E-state index in [1.54, 1.807) is 31.4 Å². The van der Waals surface area contributed by atoms with Crippen LogP contribution in [-0.4, -0.2) is 32.0 Å². The highest BCUT2D eigenvalue weighted by Gasteiger charge is 2.16. The van der Waals surface area contributed by atoms with Crippen LogP contribution in [0, 0.1) is 0 Å². The zero-order valence-electron chi connectivity index (χ0n) is 9.47. The van der Waals surface area contributed by atoms with Crippen molar-refractivity contribution in [1.29, 1.82) is 0 Å². The van der Waals surface area contributed by atoms with E-state index in [1.807, 2.05) is 0 Å². The summed E-state index contributed by atoms with van der Waals surface area (Å²) in [7, 11) is -1.70. The molecular weight excluding hydrogens is 240 g/mol. The Morgan fingerprint density at radius 3 is 2.41 bits per heavy atom. The first-order chi connectivity index (χ1) is 8.02. The molecular formula is C11H12N2O3S. The SMILES string of the molecule is COc1ccc(-c2[nH]ncc2S(C)(=O)=O)cc1. The van der Waals surface area contributed by atoms with Crippen molar-refractivity contribution in [1.82, 2.24) is 10.2 Å². The van der Waals surface area contributed by atoms with E-state index < -0.39 is 9.84 Å². The summed E-state index contributed by atoms with van der Waals surface area (Å²) >= 11 is 0. The molecule has 5 nitrogen and oxygen atoms in total. The Morgan fingerprint density at radius 2 is 1.88 bits per heavy atom. The van der Waals surface area contributed by atoms with Crippen LogP contribution in [0.3, 0.4) is 0 Å². The highest BCUT2D eigenvalue weighted by atomic mass is 32.2. The average Bonchev–Trinajstić information content (AvgIpc) is 2.78. The molecule has 6 heteroatoms. The summed E-state index contributed by atoms with van der Waals surface area (Å²) in [5.41, 5.74) is 1.25. The second kappa shape index (κ2) is 4.21. The van der Waals surface area contributed by atoms with E-state index in [1.165, 1.54) is 6.20 Å². The lowest BCUT2D eigenvalue weighted by Crippen LogP contribution is -1.97. The fraction of sp³-hybridized carbons (Fsp3) is 0.182. The van der Waals surface area contributed by atoms with Crippen molar-refractivity contribution in [3.63, 3.8) is 0 Å². The molecule has 1 heterocycles. The van der Waals surface area contributed by atoms with Crippen LogP contribution in [0.4, 0.5) is 0 Å². The minimum absolute atomic E-state index is 0.197. The number of sulfone groups is 1. The zero-order valence-corrected chi connectivity index (χ0v) is 10.3. The van der Waals surface area contributed by atoms with Crippen LogP contribution in [0.15, 0.2) is 35.4 Å². The lowest BCUT2D eigenvalue weighted by atomic mass is 10.1. The Hall–Kier alpha value is -1.82. The molecule has 1 aromatic carbocycles. The molecule has 0 aliphatic carbocycles. The summed E-state index contributed by atoms with van der Waals surface area (Å²) in [6.45, 7) is 0. The van der Waals surface area contributed by atoms with Crippen LogP contribution in [0.1, 0.15) is 0 Å². The van der Waals surface area contributed by atoms with Gasteiger partial charge in [0.15, 0.2) is 9.84 Å². The predicted molar refractivity (Wildman–Crippen MR) is 63.7 cm³/mol. The van der Waals surface area contributed by atoms with E-state index in [9.17, 15) is 8.42 Å². The molecule has 0 radical (unpaired) electrons. The predicted octanol–water partition coefficient (Wildman–Crippen LogP) is 1.49. The number of H-pyrrole nitrogens is 1. The summed E-state index contributed by atoms with van der Waals surface area (Å²) in [5.74, 6) is 0.717. The number of hydrogen-bond donors (Lipinski definition) is 1. The van der Waals surface area contributed by atoms with Gasteiger partial charge in [-0.2, -0.15) is 5.10 Å². The Bertz CT molecular complexity index is 614. The second-order valence-electron chi connectivity index (χ2n) is 3.61. The fourth-order valence-electron chi connectivity index (χ4n) is 1.52. The zero-order chi connectivity index (χ0) is 12.5. The van der Waals surface area contributed by atoms with E-state index in [0.717, 1.165) is 11.8 Å². The van der Waals surface area contributed by atoms with E-state index in [2.05, 4.69) is 10.2 Å². The van der Waals surface area contributed by atoms with Crippen LogP contribution >= 0.6 is 0 Å². The normalized spacial score (nSPS) is 11.4. The first kappa shape index (κ1) is 11.7. The standard InChI is InChI=1S/C11H12N2O3S/c1-16-9-5-3-8(4-6-9)11-10(7-12-13-11)17(2,14)15/h3-7H,1-2H3,(H,12,13). The van der Waals surface area contributed by atoms with Gasteiger partial charge in [0.05, 0.1) is 19.0 Å². The highest BCUT2D eigenvalue weighted by Crippen LogP contribution is 2.26. The number of methoxy groups -OCH3 is 1. The van der Waals surface area contributed by atoms with E-state index in [0.29, 0.717) is 11.4 Å². The quantitative estimate of drug-likeness (QED) is 0.898. The largest absolute Gasteiger partial charge is 0.497 e. The average molecular weight is 252 g/mol. The highest BCUT2D eigenvalue weighted by molar-refractivity contribution is 7.90. The Morgan fingerprint density at radius 1 is 1.24 bits per heavy atom. The van der Waals surface area contributed by atoms with E-state index in [4.69, 9.17) is 4.74 Å². The van der Waals surface area contributed by atoms with Crippen LogP contribution in [0.5, 0.6) is 5.75 Å². The summed E-state index contributed by atoms with van der Waals surface area (Å²) < 4.78 is 28.1. The van der Waals surface area contributed by atoms with Crippen LogP contribution in [0.2, 0.25) is 0 Å². The number of rotatable bonds is 3. The summed E-state index contributed by atoms with van der Waals surface area (Å²) in [6, 6.07) is 7.09. The molecule has 0 fully saturated rings. The molecule has 0 atom stereocenters. The Balaban J connectivity index is 2.50. The molecule has 0 aliphatic rings. The van der Waals surface area contributed by atoms with Gasteiger partial charge in [-0.25, -0.2) is 8.42 Å². The monoisotopic (exact) mass is 252 g/mol. The molecule has 0 bridgehead atoms. The van der Waals surface area contributed by atoms with Crippen molar-refractivity contribution in [2.24, 2.45) is 0 Å². The lowest BCUT2D eigenvalue weighted by molar-refractivity contribution is 0.415. The number of aromatic amines is 1. The lowest BCUT2D eigenvalue weighted by Gasteiger charge is -2.03. The third-order valence-corrected chi connectivity index (χ3v) is 3.49. The van der Waals surface area contributed by atoms with Gasteiger partial charge in [-0.1, -0.05) is 0 Å². The topological polar surface area (TPSA) is 72.0 Å². The first-order valence-electron chi connectivity index (χ1n) is 4.90. The molecule has 0 saturated carbocycles. The van der Waals surface area contributed by atoms with Crippen molar-refractivity contribution in [2.45, 2.75) is 4.90 Å². The third kappa shape index (κ3) is 2.31. The molecule has 0 aliphatic heterocycles. The van der Waals surface area contributed by atoms with Gasteiger partial charge in [0.25, 0.3) is 0 Å². The molecule has 90 valence electrons. The Labute approximate surface area is 99.4 Å². The van der Waals surface area contributed by atoms with Crippen molar-refractivity contribution >= 4 is 9.84 Å². The number of ether oxygens (including phenoxy) is 1. The smallest absolute Gasteiger partial charge is 0.179 e. The van der Waals surface area contributed by atoms with E-state index >= 15 is 0 Å². The van der Waals surface area contributed by atoms with Crippen molar-refractivity contribution in [2.75, 3.05) is 13.4 Å². The summed E-state index contributed by atoms with van der Waals surface area (Å²) in [4.78, 5) is 0.197. The maximum Gasteiger partial charge on any atom is 0.179 e. The van der Waals surface area contributed by atoms with Crippen LogP contribution < -0.4 is 4.74 Å². The van der Waals surface area contributed by atoms with Crippen molar-refractivity contribution < 1.29 is 13.2 Å². The van der Waals surface area contributed by atoms with Gasteiger partial charge >= 0.3 is 0 Å².